The second-order valence-corrected chi connectivity index (χ2v) is 6.26. The fraction of sp³-hybridized carbons (Fsp3) is 0.600. The van der Waals surface area contributed by atoms with Gasteiger partial charge in [0.05, 0.1) is 23.1 Å². The molecular weight excluding hydrogens is 345 g/mol. The van der Waals surface area contributed by atoms with Crippen LogP contribution in [-0.4, -0.2) is 65.7 Å². The second kappa shape index (κ2) is 8.69. The zero-order valence-electron chi connectivity index (χ0n) is 13.3. The van der Waals surface area contributed by atoms with E-state index in [0.29, 0.717) is 31.1 Å². The maximum Gasteiger partial charge on any atom is 1.00 e. The molecule has 0 aromatic carbocycles. The predicted octanol–water partition coefficient (Wildman–Crippen LogP) is -3.23. The van der Waals surface area contributed by atoms with Gasteiger partial charge in [-0.1, -0.05) is 11.6 Å². The van der Waals surface area contributed by atoms with Gasteiger partial charge in [0, 0.05) is 51.7 Å². The molecule has 0 saturated carbocycles. The molecule has 2 aliphatic heterocycles. The van der Waals surface area contributed by atoms with Crippen molar-refractivity contribution in [3.8, 4) is 0 Å². The van der Waals surface area contributed by atoms with Crippen LogP contribution in [0.1, 0.15) is 12.0 Å². The van der Waals surface area contributed by atoms with Crippen LogP contribution in [0, 0.1) is 0 Å². The minimum atomic E-state index is -1.02. The number of ether oxygens (including phenoxy) is 1. The third-order valence-electron chi connectivity index (χ3n) is 4.61. The van der Waals surface area contributed by atoms with Crippen LogP contribution in [0.25, 0.3) is 0 Å². The molecule has 3 heterocycles. The average Bonchev–Trinajstić information content (AvgIpc) is 3.01. The first-order chi connectivity index (χ1) is 10.6. The standard InChI is InChI=1S/C15H20ClN3O3.K/c16-13-9-17-3-1-12(13)10-18-4-6-19(7-5-18)15(14(20)21)2-8-22-11-15;/h1,3,9H,2,4-8,10-11H2,(H,20,21);/q;+1/p-1. The summed E-state index contributed by atoms with van der Waals surface area (Å²) >= 11 is 6.14. The summed E-state index contributed by atoms with van der Waals surface area (Å²) in [5.74, 6) is -1.02. The molecule has 0 bridgehead atoms. The Morgan fingerprint density at radius 2 is 2.13 bits per heavy atom. The predicted molar refractivity (Wildman–Crippen MR) is 79.3 cm³/mol. The summed E-state index contributed by atoms with van der Waals surface area (Å²) in [5.41, 5.74) is 0.101. The largest absolute Gasteiger partial charge is 1.00 e. The van der Waals surface area contributed by atoms with E-state index in [2.05, 4.69) is 9.88 Å². The van der Waals surface area contributed by atoms with Crippen LogP contribution in [0.5, 0.6) is 0 Å². The molecule has 2 saturated heterocycles. The number of hydrogen-bond acceptors (Lipinski definition) is 6. The molecule has 8 heteroatoms. The van der Waals surface area contributed by atoms with Crippen LogP contribution in [0.3, 0.4) is 0 Å². The fourth-order valence-corrected chi connectivity index (χ4v) is 3.38. The van der Waals surface area contributed by atoms with Gasteiger partial charge in [-0.05, 0) is 18.1 Å². The molecule has 3 rings (SSSR count). The maximum atomic E-state index is 11.6. The van der Waals surface area contributed by atoms with E-state index in [-0.39, 0.29) is 58.0 Å². The van der Waals surface area contributed by atoms with Crippen molar-refractivity contribution in [2.24, 2.45) is 0 Å². The Morgan fingerprint density at radius 3 is 2.70 bits per heavy atom. The number of rotatable bonds is 4. The molecule has 0 amide bonds. The molecule has 120 valence electrons. The van der Waals surface area contributed by atoms with E-state index < -0.39 is 11.5 Å². The number of piperazine rings is 1. The van der Waals surface area contributed by atoms with E-state index in [1.807, 2.05) is 11.0 Å². The third kappa shape index (κ3) is 4.34. The Balaban J connectivity index is 0.00000192. The first-order valence-corrected chi connectivity index (χ1v) is 7.85. The van der Waals surface area contributed by atoms with Gasteiger partial charge in [0.25, 0.3) is 0 Å². The second-order valence-electron chi connectivity index (χ2n) is 5.85. The molecule has 2 aliphatic rings. The van der Waals surface area contributed by atoms with E-state index >= 15 is 0 Å². The Morgan fingerprint density at radius 1 is 1.39 bits per heavy atom. The molecule has 0 N–H and O–H groups in total. The van der Waals surface area contributed by atoms with Gasteiger partial charge in [-0.15, -0.1) is 0 Å². The van der Waals surface area contributed by atoms with Gasteiger partial charge in [0.2, 0.25) is 0 Å². The van der Waals surface area contributed by atoms with Crippen molar-refractivity contribution in [3.05, 3.63) is 29.0 Å². The average molecular weight is 364 g/mol. The van der Waals surface area contributed by atoms with Gasteiger partial charge in [0.1, 0.15) is 0 Å². The molecule has 6 nitrogen and oxygen atoms in total. The third-order valence-corrected chi connectivity index (χ3v) is 4.95. The van der Waals surface area contributed by atoms with Gasteiger partial charge < -0.3 is 14.6 Å². The summed E-state index contributed by atoms with van der Waals surface area (Å²) in [5, 5.41) is 12.2. The molecule has 0 radical (unpaired) electrons. The van der Waals surface area contributed by atoms with Crippen LogP contribution in [0.15, 0.2) is 18.5 Å². The van der Waals surface area contributed by atoms with Crippen LogP contribution in [0.2, 0.25) is 5.02 Å². The van der Waals surface area contributed by atoms with Gasteiger partial charge in [-0.3, -0.25) is 14.8 Å². The zero-order chi connectivity index (χ0) is 15.6. The van der Waals surface area contributed by atoms with Crippen molar-refractivity contribution in [3.63, 3.8) is 0 Å². The van der Waals surface area contributed by atoms with Crippen molar-refractivity contribution < 1.29 is 66.0 Å². The monoisotopic (exact) mass is 363 g/mol. The number of hydrogen-bond donors (Lipinski definition) is 0. The number of carbonyl (C=O) groups excluding carboxylic acids is 1. The SMILES string of the molecule is O=C([O-])C1(N2CCN(Cc3ccncc3Cl)CC2)CCOC1.[K+]. The molecule has 2 fully saturated rings. The molecule has 1 atom stereocenters. The van der Waals surface area contributed by atoms with Gasteiger partial charge in [0.15, 0.2) is 0 Å². The molecule has 1 aromatic rings. The van der Waals surface area contributed by atoms with Crippen molar-refractivity contribution in [2.75, 3.05) is 39.4 Å². The minimum Gasteiger partial charge on any atom is -0.548 e. The van der Waals surface area contributed by atoms with Crippen LogP contribution >= 0.6 is 11.6 Å². The maximum absolute atomic E-state index is 11.6. The number of carboxylic acids is 1. The van der Waals surface area contributed by atoms with E-state index in [1.54, 1.807) is 12.4 Å². The summed E-state index contributed by atoms with van der Waals surface area (Å²) in [7, 11) is 0. The van der Waals surface area contributed by atoms with Crippen LogP contribution in [-0.2, 0) is 16.1 Å². The number of pyridine rings is 1. The van der Waals surface area contributed by atoms with Gasteiger partial charge in [-0.2, -0.15) is 0 Å². The number of carbonyl (C=O) groups is 1. The smallest absolute Gasteiger partial charge is 0.548 e. The van der Waals surface area contributed by atoms with Crippen molar-refractivity contribution in [1.29, 1.82) is 0 Å². The molecule has 0 aliphatic carbocycles. The number of halogens is 1. The van der Waals surface area contributed by atoms with Crippen LogP contribution in [0.4, 0.5) is 0 Å². The van der Waals surface area contributed by atoms with Gasteiger partial charge >= 0.3 is 51.4 Å². The van der Waals surface area contributed by atoms with Crippen LogP contribution < -0.4 is 56.5 Å². The zero-order valence-corrected chi connectivity index (χ0v) is 17.2. The Labute approximate surface area is 183 Å². The Kier molecular flexibility index (Phi) is 7.46. The number of carboxylic acid groups (broad SMARTS) is 1. The number of nitrogens with zero attached hydrogens (tertiary/aromatic N) is 3. The molecular formula is C15H19ClKN3O3. The number of aliphatic carboxylic acids is 1. The topological polar surface area (TPSA) is 68.7 Å². The minimum absolute atomic E-state index is 0. The summed E-state index contributed by atoms with van der Waals surface area (Å²) in [4.78, 5) is 19.8. The first kappa shape index (κ1) is 19.7. The van der Waals surface area contributed by atoms with E-state index in [9.17, 15) is 9.90 Å². The number of aromatic nitrogens is 1. The van der Waals surface area contributed by atoms with Gasteiger partial charge in [-0.25, -0.2) is 0 Å². The quantitative estimate of drug-likeness (QED) is 0.524. The fourth-order valence-electron chi connectivity index (χ4n) is 3.20. The molecule has 1 unspecified atom stereocenters. The Bertz CT molecular complexity index is 547. The van der Waals surface area contributed by atoms with Crippen molar-refractivity contribution >= 4 is 17.6 Å². The summed E-state index contributed by atoms with van der Waals surface area (Å²) < 4.78 is 5.31. The van der Waals surface area contributed by atoms with E-state index in [4.69, 9.17) is 16.3 Å². The van der Waals surface area contributed by atoms with E-state index in [0.717, 1.165) is 25.2 Å². The van der Waals surface area contributed by atoms with Crippen molar-refractivity contribution in [2.45, 2.75) is 18.5 Å². The molecule has 0 spiro atoms. The van der Waals surface area contributed by atoms with E-state index in [1.165, 1.54) is 0 Å². The molecule has 23 heavy (non-hydrogen) atoms. The summed E-state index contributed by atoms with van der Waals surface area (Å²) in [6.45, 7) is 4.46. The normalized spacial score (nSPS) is 26.0. The molecule has 1 aromatic heterocycles. The van der Waals surface area contributed by atoms with Crippen molar-refractivity contribution in [1.82, 2.24) is 14.8 Å². The summed E-state index contributed by atoms with van der Waals surface area (Å²) in [6.07, 6.45) is 3.89. The summed E-state index contributed by atoms with van der Waals surface area (Å²) in [6, 6.07) is 1.92. The first-order valence-electron chi connectivity index (χ1n) is 7.47. The Hall–Kier alpha value is 0.426.